The van der Waals surface area contributed by atoms with Gasteiger partial charge in [0.2, 0.25) is 5.91 Å². The number of nitrogens with one attached hydrogen (secondary N) is 1. The SMILES string of the molecule is N#CC(Cc1cccnc1)C(=O)Nc1ccccc1Br. The molecule has 1 amide bonds. The number of aromatic nitrogens is 1. The van der Waals surface area contributed by atoms with E-state index >= 15 is 0 Å². The molecule has 0 saturated heterocycles. The standard InChI is InChI=1S/C15H12BrN3O/c16-13-5-1-2-6-14(13)19-15(20)12(9-17)8-11-4-3-7-18-10-11/h1-7,10,12H,8H2,(H,19,20). The van der Waals surface area contributed by atoms with Gasteiger partial charge in [-0.05, 0) is 46.1 Å². The summed E-state index contributed by atoms with van der Waals surface area (Å²) in [6, 6.07) is 13.0. The molecule has 0 aliphatic heterocycles. The molecular formula is C15H12BrN3O. The molecule has 20 heavy (non-hydrogen) atoms. The van der Waals surface area contributed by atoms with E-state index in [1.54, 1.807) is 24.5 Å². The maximum Gasteiger partial charge on any atom is 0.242 e. The van der Waals surface area contributed by atoms with Crippen LogP contribution in [0.4, 0.5) is 5.69 Å². The van der Waals surface area contributed by atoms with Crippen LogP contribution in [0.1, 0.15) is 5.56 Å². The van der Waals surface area contributed by atoms with Gasteiger partial charge in [0.15, 0.2) is 0 Å². The minimum atomic E-state index is -0.744. The molecule has 0 aliphatic carbocycles. The van der Waals surface area contributed by atoms with Crippen LogP contribution in [0.2, 0.25) is 0 Å². The van der Waals surface area contributed by atoms with Gasteiger partial charge in [-0.1, -0.05) is 18.2 Å². The van der Waals surface area contributed by atoms with Crippen LogP contribution in [0.3, 0.4) is 0 Å². The Morgan fingerprint density at radius 3 is 2.80 bits per heavy atom. The third-order valence-corrected chi connectivity index (χ3v) is 3.46. The number of anilines is 1. The van der Waals surface area contributed by atoms with Gasteiger partial charge in [0.05, 0.1) is 11.8 Å². The van der Waals surface area contributed by atoms with Crippen LogP contribution in [0.25, 0.3) is 0 Å². The molecule has 1 unspecified atom stereocenters. The first-order chi connectivity index (χ1) is 9.70. The van der Waals surface area contributed by atoms with E-state index in [0.717, 1.165) is 10.0 Å². The van der Waals surface area contributed by atoms with Crippen LogP contribution < -0.4 is 5.32 Å². The van der Waals surface area contributed by atoms with Crippen molar-refractivity contribution in [1.82, 2.24) is 4.98 Å². The molecule has 0 saturated carbocycles. The summed E-state index contributed by atoms with van der Waals surface area (Å²) in [5, 5.41) is 11.9. The summed E-state index contributed by atoms with van der Waals surface area (Å²) in [4.78, 5) is 16.1. The minimum Gasteiger partial charge on any atom is -0.324 e. The third-order valence-electron chi connectivity index (χ3n) is 2.77. The van der Waals surface area contributed by atoms with Gasteiger partial charge in [0.1, 0.15) is 5.92 Å². The Morgan fingerprint density at radius 1 is 1.35 bits per heavy atom. The van der Waals surface area contributed by atoms with Crippen molar-refractivity contribution >= 4 is 27.5 Å². The highest BCUT2D eigenvalue weighted by molar-refractivity contribution is 9.10. The smallest absolute Gasteiger partial charge is 0.242 e. The van der Waals surface area contributed by atoms with Gasteiger partial charge in [-0.25, -0.2) is 0 Å². The summed E-state index contributed by atoms with van der Waals surface area (Å²) < 4.78 is 0.784. The van der Waals surface area contributed by atoms with Gasteiger partial charge in [0.25, 0.3) is 0 Å². The summed E-state index contributed by atoms with van der Waals surface area (Å²) >= 11 is 3.36. The molecule has 0 aliphatic rings. The Balaban J connectivity index is 2.07. The lowest BCUT2D eigenvalue weighted by molar-refractivity contribution is -0.118. The predicted molar refractivity (Wildman–Crippen MR) is 79.8 cm³/mol. The fraction of sp³-hybridized carbons (Fsp3) is 0.133. The van der Waals surface area contributed by atoms with Gasteiger partial charge < -0.3 is 5.32 Å². The average Bonchev–Trinajstić information content (AvgIpc) is 2.48. The van der Waals surface area contributed by atoms with E-state index in [2.05, 4.69) is 26.2 Å². The maximum atomic E-state index is 12.1. The second-order valence-corrected chi connectivity index (χ2v) is 5.07. The first-order valence-electron chi connectivity index (χ1n) is 6.04. The summed E-state index contributed by atoms with van der Waals surface area (Å²) in [5.74, 6) is -1.06. The van der Waals surface area contributed by atoms with Crippen molar-refractivity contribution in [2.75, 3.05) is 5.32 Å². The minimum absolute atomic E-state index is 0.316. The Labute approximate surface area is 125 Å². The first kappa shape index (κ1) is 14.2. The molecular weight excluding hydrogens is 318 g/mol. The normalized spacial score (nSPS) is 11.4. The van der Waals surface area contributed by atoms with E-state index < -0.39 is 5.92 Å². The maximum absolute atomic E-state index is 12.1. The predicted octanol–water partition coefficient (Wildman–Crippen LogP) is 3.17. The number of nitrogens with zero attached hydrogens (tertiary/aromatic N) is 2. The second kappa shape index (κ2) is 6.83. The Bertz CT molecular complexity index is 637. The molecule has 0 bridgehead atoms. The Kier molecular flexibility index (Phi) is 4.85. The molecule has 5 heteroatoms. The van der Waals surface area contributed by atoms with E-state index in [4.69, 9.17) is 5.26 Å². The highest BCUT2D eigenvalue weighted by atomic mass is 79.9. The van der Waals surface area contributed by atoms with Crippen molar-refractivity contribution in [1.29, 1.82) is 5.26 Å². The number of benzene rings is 1. The van der Waals surface area contributed by atoms with Crippen molar-refractivity contribution in [3.05, 3.63) is 58.8 Å². The molecule has 0 fully saturated rings. The third kappa shape index (κ3) is 3.65. The van der Waals surface area contributed by atoms with Gasteiger partial charge >= 0.3 is 0 Å². The lowest BCUT2D eigenvalue weighted by Gasteiger charge is -2.11. The van der Waals surface area contributed by atoms with Gasteiger partial charge in [-0.15, -0.1) is 0 Å². The van der Waals surface area contributed by atoms with Crippen molar-refractivity contribution in [3.63, 3.8) is 0 Å². The molecule has 1 atom stereocenters. The molecule has 4 nitrogen and oxygen atoms in total. The molecule has 100 valence electrons. The van der Waals surface area contributed by atoms with Crippen molar-refractivity contribution < 1.29 is 4.79 Å². The number of amides is 1. The number of rotatable bonds is 4. The van der Waals surface area contributed by atoms with Gasteiger partial charge in [0, 0.05) is 16.9 Å². The number of nitriles is 1. The number of hydrogen-bond donors (Lipinski definition) is 1. The summed E-state index contributed by atoms with van der Waals surface area (Å²) in [6.07, 6.45) is 3.67. The van der Waals surface area contributed by atoms with Gasteiger partial charge in [-0.2, -0.15) is 5.26 Å². The molecule has 2 rings (SSSR count). The van der Waals surface area contributed by atoms with Crippen LogP contribution in [0, 0.1) is 17.2 Å². The number of para-hydroxylation sites is 1. The zero-order valence-corrected chi connectivity index (χ0v) is 12.2. The molecule has 0 spiro atoms. The van der Waals surface area contributed by atoms with Crippen LogP contribution >= 0.6 is 15.9 Å². The second-order valence-electron chi connectivity index (χ2n) is 4.22. The lowest BCUT2D eigenvalue weighted by atomic mass is 10.0. The largest absolute Gasteiger partial charge is 0.324 e. The van der Waals surface area contributed by atoms with E-state index in [1.807, 2.05) is 30.3 Å². The highest BCUT2D eigenvalue weighted by Crippen LogP contribution is 2.22. The van der Waals surface area contributed by atoms with Crippen molar-refractivity contribution in [2.45, 2.75) is 6.42 Å². The van der Waals surface area contributed by atoms with Crippen LogP contribution in [0.15, 0.2) is 53.3 Å². The Morgan fingerprint density at radius 2 is 2.15 bits per heavy atom. The lowest BCUT2D eigenvalue weighted by Crippen LogP contribution is -2.23. The molecule has 1 aromatic carbocycles. The van der Waals surface area contributed by atoms with E-state index in [0.29, 0.717) is 12.1 Å². The average molecular weight is 330 g/mol. The topological polar surface area (TPSA) is 65.8 Å². The zero-order valence-electron chi connectivity index (χ0n) is 10.6. The van der Waals surface area contributed by atoms with Crippen molar-refractivity contribution in [2.24, 2.45) is 5.92 Å². The highest BCUT2D eigenvalue weighted by Gasteiger charge is 2.19. The van der Waals surface area contributed by atoms with E-state index in [1.165, 1.54) is 0 Å². The van der Waals surface area contributed by atoms with Crippen molar-refractivity contribution in [3.8, 4) is 6.07 Å². The molecule has 1 heterocycles. The van der Waals surface area contributed by atoms with Crippen LogP contribution in [-0.4, -0.2) is 10.9 Å². The quantitative estimate of drug-likeness (QED) is 0.936. The summed E-state index contributed by atoms with van der Waals surface area (Å²) in [7, 11) is 0. The molecule has 1 aromatic heterocycles. The number of hydrogen-bond acceptors (Lipinski definition) is 3. The fourth-order valence-corrected chi connectivity index (χ4v) is 2.12. The Hall–Kier alpha value is -2.19. The molecule has 0 radical (unpaired) electrons. The fourth-order valence-electron chi connectivity index (χ4n) is 1.73. The summed E-state index contributed by atoms with van der Waals surface area (Å²) in [6.45, 7) is 0. The summed E-state index contributed by atoms with van der Waals surface area (Å²) in [5.41, 5.74) is 1.52. The van der Waals surface area contributed by atoms with E-state index in [9.17, 15) is 4.79 Å². The van der Waals surface area contributed by atoms with Crippen LogP contribution in [-0.2, 0) is 11.2 Å². The molecule has 2 aromatic rings. The number of pyridine rings is 1. The first-order valence-corrected chi connectivity index (χ1v) is 6.84. The van der Waals surface area contributed by atoms with Gasteiger partial charge in [-0.3, -0.25) is 9.78 Å². The monoisotopic (exact) mass is 329 g/mol. The number of carbonyl (C=O) groups excluding carboxylic acids is 1. The number of carbonyl (C=O) groups is 1. The zero-order chi connectivity index (χ0) is 14.4. The molecule has 1 N–H and O–H groups in total. The van der Waals surface area contributed by atoms with E-state index in [-0.39, 0.29) is 5.91 Å². The van der Waals surface area contributed by atoms with Crippen LogP contribution in [0.5, 0.6) is 0 Å². The number of halogens is 1.